The van der Waals surface area contributed by atoms with Crippen LogP contribution in [0.25, 0.3) is 0 Å². The minimum atomic E-state index is 0.0489. The van der Waals surface area contributed by atoms with Gasteiger partial charge in [-0.1, -0.05) is 24.3 Å². The molecule has 0 spiro atoms. The fraction of sp³-hybridized carbons (Fsp3) is 0.533. The second kappa shape index (κ2) is 6.12. The molecule has 1 heterocycles. The number of Topliss-reactive ketones (excluding diaryl/α,β-unsaturated/α-hetero) is 1. The predicted molar refractivity (Wildman–Crippen MR) is 71.4 cm³/mol. The van der Waals surface area contributed by atoms with Crippen LogP contribution in [-0.4, -0.2) is 37.5 Å². The molecule has 3 nitrogen and oxygen atoms in total. The van der Waals surface area contributed by atoms with Crippen molar-refractivity contribution in [3.05, 3.63) is 35.4 Å². The van der Waals surface area contributed by atoms with Crippen LogP contribution in [0.15, 0.2) is 24.3 Å². The molecule has 1 saturated heterocycles. The zero-order valence-corrected chi connectivity index (χ0v) is 11.2. The first-order chi connectivity index (χ1) is 8.66. The van der Waals surface area contributed by atoms with Crippen molar-refractivity contribution >= 4 is 5.78 Å². The number of rotatable bonds is 4. The zero-order valence-electron chi connectivity index (χ0n) is 11.2. The van der Waals surface area contributed by atoms with Crippen LogP contribution in [0, 0.1) is 12.8 Å². The normalized spacial score (nSPS) is 20.4. The smallest absolute Gasteiger partial charge is 0.141 e. The Morgan fingerprint density at radius 2 is 2.17 bits per heavy atom. The third-order valence-electron chi connectivity index (χ3n) is 3.50. The van der Waals surface area contributed by atoms with Crippen LogP contribution in [0.2, 0.25) is 0 Å². The van der Waals surface area contributed by atoms with E-state index in [0.717, 1.165) is 13.1 Å². The van der Waals surface area contributed by atoms with Crippen LogP contribution in [0.5, 0.6) is 0 Å². The van der Waals surface area contributed by atoms with Gasteiger partial charge in [-0.2, -0.15) is 0 Å². The van der Waals surface area contributed by atoms with E-state index in [1.54, 1.807) is 0 Å². The van der Waals surface area contributed by atoms with Gasteiger partial charge in [-0.05, 0) is 25.1 Å². The predicted octanol–water partition coefficient (Wildman–Crippen LogP) is 2.03. The van der Waals surface area contributed by atoms with Gasteiger partial charge in [0.05, 0.1) is 19.1 Å². The number of carbonyl (C=O) groups is 1. The molecular weight excluding hydrogens is 226 g/mol. The van der Waals surface area contributed by atoms with Crippen LogP contribution in [0.4, 0.5) is 0 Å². The summed E-state index contributed by atoms with van der Waals surface area (Å²) in [6, 6.07) is 8.38. The lowest BCUT2D eigenvalue weighted by molar-refractivity contribution is -0.131. The molecule has 0 N–H and O–H groups in total. The van der Waals surface area contributed by atoms with Crippen LogP contribution < -0.4 is 0 Å². The Morgan fingerprint density at radius 1 is 1.39 bits per heavy atom. The minimum absolute atomic E-state index is 0.0489. The molecule has 0 radical (unpaired) electrons. The topological polar surface area (TPSA) is 29.5 Å². The Balaban J connectivity index is 1.90. The number of carbonyl (C=O) groups excluding carboxylic acids is 1. The Labute approximate surface area is 109 Å². The molecule has 1 unspecified atom stereocenters. The monoisotopic (exact) mass is 247 g/mol. The van der Waals surface area contributed by atoms with E-state index in [2.05, 4.69) is 43.1 Å². The van der Waals surface area contributed by atoms with Crippen LogP contribution in [0.3, 0.4) is 0 Å². The number of hydrogen-bond donors (Lipinski definition) is 0. The maximum atomic E-state index is 11.7. The van der Waals surface area contributed by atoms with Crippen molar-refractivity contribution in [2.75, 3.05) is 26.8 Å². The number of aryl methyl sites for hydroxylation is 1. The van der Waals surface area contributed by atoms with Crippen molar-refractivity contribution in [1.29, 1.82) is 0 Å². The highest BCUT2D eigenvalue weighted by molar-refractivity contribution is 5.82. The van der Waals surface area contributed by atoms with E-state index in [1.165, 1.54) is 11.1 Å². The summed E-state index contributed by atoms with van der Waals surface area (Å²) in [7, 11) is 2.06. The highest BCUT2D eigenvalue weighted by atomic mass is 16.5. The third-order valence-corrected chi connectivity index (χ3v) is 3.50. The highest BCUT2D eigenvalue weighted by Gasteiger charge is 2.24. The van der Waals surface area contributed by atoms with Crippen molar-refractivity contribution in [2.24, 2.45) is 5.92 Å². The lowest BCUT2D eigenvalue weighted by atomic mass is 9.99. The van der Waals surface area contributed by atoms with Gasteiger partial charge in [0.1, 0.15) is 5.78 Å². The van der Waals surface area contributed by atoms with Gasteiger partial charge in [-0.3, -0.25) is 4.79 Å². The lowest BCUT2D eigenvalue weighted by Gasteiger charge is -2.26. The number of benzene rings is 1. The van der Waals surface area contributed by atoms with Gasteiger partial charge in [0, 0.05) is 19.5 Å². The van der Waals surface area contributed by atoms with Gasteiger partial charge >= 0.3 is 0 Å². The molecule has 1 aliphatic heterocycles. The molecule has 1 aromatic rings. The highest BCUT2D eigenvalue weighted by Crippen LogP contribution is 2.14. The largest absolute Gasteiger partial charge is 0.380 e. The van der Waals surface area contributed by atoms with Crippen LogP contribution >= 0.6 is 0 Å². The summed E-state index contributed by atoms with van der Waals surface area (Å²) in [5, 5.41) is 0. The fourth-order valence-electron chi connectivity index (χ4n) is 2.37. The summed E-state index contributed by atoms with van der Waals surface area (Å²) in [6.45, 7) is 4.97. The Bertz CT molecular complexity index is 417. The summed E-state index contributed by atoms with van der Waals surface area (Å²) < 4.78 is 5.38. The average molecular weight is 247 g/mol. The zero-order chi connectivity index (χ0) is 13.0. The first kappa shape index (κ1) is 13.2. The molecule has 0 saturated carbocycles. The molecule has 98 valence electrons. The number of nitrogens with zero attached hydrogens (tertiary/aromatic N) is 1. The molecule has 0 aromatic heterocycles. The molecule has 0 bridgehead atoms. The van der Waals surface area contributed by atoms with E-state index >= 15 is 0 Å². The van der Waals surface area contributed by atoms with Gasteiger partial charge in [0.2, 0.25) is 0 Å². The molecule has 0 amide bonds. The van der Waals surface area contributed by atoms with Crippen LogP contribution in [0.1, 0.15) is 17.5 Å². The number of hydrogen-bond acceptors (Lipinski definition) is 3. The van der Waals surface area contributed by atoms with Gasteiger partial charge in [-0.25, -0.2) is 0 Å². The average Bonchev–Trinajstić information content (AvgIpc) is 2.35. The molecule has 3 heteroatoms. The first-order valence-corrected chi connectivity index (χ1v) is 6.50. The standard InChI is InChI=1S/C15H21NO2/c1-12-5-3-4-6-13(12)9-16(2)10-14-11-18-8-7-15(14)17/h3-6,14H,7-11H2,1-2H3. The summed E-state index contributed by atoms with van der Waals surface area (Å²) >= 11 is 0. The third kappa shape index (κ3) is 3.40. The molecule has 1 aliphatic rings. The van der Waals surface area contributed by atoms with Crippen molar-refractivity contribution in [1.82, 2.24) is 4.90 Å². The summed E-state index contributed by atoms with van der Waals surface area (Å²) in [5.41, 5.74) is 2.62. The van der Waals surface area contributed by atoms with E-state index < -0.39 is 0 Å². The fourth-order valence-corrected chi connectivity index (χ4v) is 2.37. The second-order valence-corrected chi connectivity index (χ2v) is 5.11. The second-order valence-electron chi connectivity index (χ2n) is 5.11. The Hall–Kier alpha value is -1.19. The van der Waals surface area contributed by atoms with E-state index in [4.69, 9.17) is 4.74 Å². The lowest BCUT2D eigenvalue weighted by Crippen LogP contribution is -2.36. The Kier molecular flexibility index (Phi) is 4.50. The van der Waals surface area contributed by atoms with Crippen molar-refractivity contribution in [3.8, 4) is 0 Å². The molecule has 1 atom stereocenters. The first-order valence-electron chi connectivity index (χ1n) is 6.50. The summed E-state index contributed by atoms with van der Waals surface area (Å²) in [5.74, 6) is 0.394. The van der Waals surface area contributed by atoms with Gasteiger partial charge in [0.25, 0.3) is 0 Å². The minimum Gasteiger partial charge on any atom is -0.380 e. The summed E-state index contributed by atoms with van der Waals surface area (Å²) in [4.78, 5) is 14.0. The molecule has 18 heavy (non-hydrogen) atoms. The Morgan fingerprint density at radius 3 is 2.89 bits per heavy atom. The molecular formula is C15H21NO2. The van der Waals surface area contributed by atoms with Crippen molar-refractivity contribution < 1.29 is 9.53 Å². The van der Waals surface area contributed by atoms with Crippen molar-refractivity contribution in [2.45, 2.75) is 19.9 Å². The maximum Gasteiger partial charge on any atom is 0.141 e. The van der Waals surface area contributed by atoms with Crippen molar-refractivity contribution in [3.63, 3.8) is 0 Å². The van der Waals surface area contributed by atoms with E-state index in [1.807, 2.05) is 0 Å². The van der Waals surface area contributed by atoms with Gasteiger partial charge in [0.15, 0.2) is 0 Å². The molecule has 1 aromatic carbocycles. The number of ketones is 1. The van der Waals surface area contributed by atoms with E-state index in [-0.39, 0.29) is 5.92 Å². The van der Waals surface area contributed by atoms with Gasteiger partial charge in [-0.15, -0.1) is 0 Å². The molecule has 2 rings (SSSR count). The quantitative estimate of drug-likeness (QED) is 0.815. The summed E-state index contributed by atoms with van der Waals surface area (Å²) in [6.07, 6.45) is 0.572. The van der Waals surface area contributed by atoms with E-state index in [0.29, 0.717) is 25.4 Å². The van der Waals surface area contributed by atoms with Gasteiger partial charge < -0.3 is 9.64 Å². The SMILES string of the molecule is Cc1ccccc1CN(C)CC1COCCC1=O. The van der Waals surface area contributed by atoms with Crippen LogP contribution in [-0.2, 0) is 16.1 Å². The number of ether oxygens (including phenoxy) is 1. The maximum absolute atomic E-state index is 11.7. The molecule has 1 fully saturated rings. The molecule has 0 aliphatic carbocycles. The van der Waals surface area contributed by atoms with E-state index in [9.17, 15) is 4.79 Å².